The second kappa shape index (κ2) is 11.9. The Morgan fingerprint density at radius 3 is 2.48 bits per heavy atom. The molecule has 3 aromatic carbocycles. The van der Waals surface area contributed by atoms with Crippen LogP contribution >= 0.6 is 0 Å². The number of unbranched alkanes of at least 4 members (excludes halogenated alkanes) is 1. The molecule has 0 aliphatic rings. The molecule has 1 unspecified atom stereocenters. The minimum atomic E-state index is -0.738. The first kappa shape index (κ1) is 22.5. The number of phenolic OH excluding ortho intramolecular Hbond substituents is 1. The number of rotatable bonds is 11. The fraction of sp³-hybridized carbons (Fsp3) is 0.269. The highest BCUT2D eigenvalue weighted by atomic mass is 16.3. The van der Waals surface area contributed by atoms with Crippen molar-refractivity contribution in [2.45, 2.75) is 31.9 Å². The van der Waals surface area contributed by atoms with E-state index in [2.05, 4.69) is 22.8 Å². The van der Waals surface area contributed by atoms with Gasteiger partial charge in [0.25, 0.3) is 5.91 Å². The number of aliphatic hydroxyl groups excluding tert-OH is 1. The van der Waals surface area contributed by atoms with Crippen LogP contribution in [0.3, 0.4) is 0 Å². The van der Waals surface area contributed by atoms with Crippen molar-refractivity contribution in [3.8, 4) is 5.75 Å². The predicted molar refractivity (Wildman–Crippen MR) is 123 cm³/mol. The van der Waals surface area contributed by atoms with Crippen LogP contribution in [0.25, 0.3) is 0 Å². The number of carbonyl (C=O) groups is 1. The van der Waals surface area contributed by atoms with E-state index in [-0.39, 0.29) is 11.7 Å². The maximum Gasteiger partial charge on any atom is 0.251 e. The largest absolute Gasteiger partial charge is 0.508 e. The van der Waals surface area contributed by atoms with Crippen molar-refractivity contribution in [2.75, 3.05) is 13.1 Å². The monoisotopic (exact) mass is 418 g/mol. The number of hydrogen-bond donors (Lipinski definition) is 4. The zero-order chi connectivity index (χ0) is 21.9. The van der Waals surface area contributed by atoms with Crippen molar-refractivity contribution in [1.29, 1.82) is 0 Å². The van der Waals surface area contributed by atoms with E-state index in [1.54, 1.807) is 24.3 Å². The number of carbonyl (C=O) groups excluding carboxylic acids is 1. The Labute approximate surface area is 183 Å². The Kier molecular flexibility index (Phi) is 8.64. The van der Waals surface area contributed by atoms with Gasteiger partial charge in [0.1, 0.15) is 5.75 Å². The molecular weight excluding hydrogens is 388 g/mol. The Balaban J connectivity index is 1.44. The fourth-order valence-corrected chi connectivity index (χ4v) is 3.49. The van der Waals surface area contributed by atoms with E-state index in [9.17, 15) is 15.0 Å². The molecule has 0 saturated carbocycles. The number of aliphatic hydroxyl groups is 1. The Morgan fingerprint density at radius 2 is 1.68 bits per heavy atom. The van der Waals surface area contributed by atoms with Gasteiger partial charge >= 0.3 is 0 Å². The van der Waals surface area contributed by atoms with Crippen LogP contribution in [0, 0.1) is 0 Å². The molecule has 3 aromatic rings. The van der Waals surface area contributed by atoms with Crippen molar-refractivity contribution in [1.82, 2.24) is 10.6 Å². The predicted octanol–water partition coefficient (Wildman–Crippen LogP) is 3.97. The second-order valence-corrected chi connectivity index (χ2v) is 7.60. The summed E-state index contributed by atoms with van der Waals surface area (Å²) in [6.07, 6.45) is 2.23. The zero-order valence-electron chi connectivity index (χ0n) is 17.6. The average Bonchev–Trinajstić information content (AvgIpc) is 2.79. The van der Waals surface area contributed by atoms with Gasteiger partial charge in [-0.05, 0) is 54.2 Å². The van der Waals surface area contributed by atoms with E-state index in [0.29, 0.717) is 30.8 Å². The summed E-state index contributed by atoms with van der Waals surface area (Å²) in [4.78, 5) is 12.6. The summed E-state index contributed by atoms with van der Waals surface area (Å²) in [6.45, 7) is 1.43. The Bertz CT molecular complexity index is 960. The highest BCUT2D eigenvalue weighted by Crippen LogP contribution is 2.18. The maximum absolute atomic E-state index is 12.6. The third kappa shape index (κ3) is 7.24. The normalized spacial score (nSPS) is 11.8. The highest BCUT2D eigenvalue weighted by Gasteiger charge is 2.12. The smallest absolute Gasteiger partial charge is 0.251 e. The molecule has 1 atom stereocenters. The van der Waals surface area contributed by atoms with Gasteiger partial charge in [0, 0.05) is 25.2 Å². The van der Waals surface area contributed by atoms with Gasteiger partial charge in [-0.15, -0.1) is 0 Å². The van der Waals surface area contributed by atoms with Crippen LogP contribution in [-0.2, 0) is 13.0 Å². The molecule has 1 amide bonds. The number of phenols is 1. The van der Waals surface area contributed by atoms with Crippen molar-refractivity contribution >= 4 is 5.91 Å². The average molecular weight is 419 g/mol. The maximum atomic E-state index is 12.6. The molecule has 162 valence electrons. The minimum absolute atomic E-state index is 0.0781. The van der Waals surface area contributed by atoms with E-state index in [1.165, 1.54) is 5.56 Å². The molecule has 5 nitrogen and oxygen atoms in total. The van der Waals surface area contributed by atoms with Gasteiger partial charge in [-0.1, -0.05) is 60.7 Å². The number of hydrogen-bond acceptors (Lipinski definition) is 4. The van der Waals surface area contributed by atoms with Gasteiger partial charge in [-0.25, -0.2) is 0 Å². The third-order valence-electron chi connectivity index (χ3n) is 5.19. The highest BCUT2D eigenvalue weighted by molar-refractivity contribution is 5.95. The van der Waals surface area contributed by atoms with Crippen LogP contribution in [-0.4, -0.2) is 29.2 Å². The van der Waals surface area contributed by atoms with Crippen LogP contribution in [0.15, 0.2) is 78.9 Å². The molecule has 0 aliphatic heterocycles. The van der Waals surface area contributed by atoms with E-state index in [4.69, 9.17) is 0 Å². The molecule has 4 N–H and O–H groups in total. The second-order valence-electron chi connectivity index (χ2n) is 7.60. The van der Waals surface area contributed by atoms with Crippen LogP contribution in [0.1, 0.15) is 46.0 Å². The van der Waals surface area contributed by atoms with E-state index >= 15 is 0 Å². The first-order chi connectivity index (χ1) is 15.1. The quantitative estimate of drug-likeness (QED) is 0.355. The Hall–Kier alpha value is -3.15. The van der Waals surface area contributed by atoms with Gasteiger partial charge in [0.2, 0.25) is 0 Å². The summed E-state index contributed by atoms with van der Waals surface area (Å²) in [7, 11) is 0. The number of aryl methyl sites for hydroxylation is 1. The van der Waals surface area contributed by atoms with Crippen LogP contribution in [0.4, 0.5) is 0 Å². The molecule has 31 heavy (non-hydrogen) atoms. The van der Waals surface area contributed by atoms with Crippen LogP contribution in [0.5, 0.6) is 5.75 Å². The summed E-state index contributed by atoms with van der Waals surface area (Å²) in [5, 5.41) is 26.1. The molecule has 5 heteroatoms. The van der Waals surface area contributed by atoms with Crippen molar-refractivity contribution in [3.05, 3.63) is 101 Å². The fourth-order valence-electron chi connectivity index (χ4n) is 3.49. The molecule has 0 radical (unpaired) electrons. The minimum Gasteiger partial charge on any atom is -0.508 e. The molecule has 3 rings (SSSR count). The van der Waals surface area contributed by atoms with Gasteiger partial charge in [-0.2, -0.15) is 0 Å². The number of amides is 1. The molecular formula is C26H30N2O3. The molecule has 0 heterocycles. The topological polar surface area (TPSA) is 81.6 Å². The zero-order valence-corrected chi connectivity index (χ0v) is 17.6. The van der Waals surface area contributed by atoms with Gasteiger partial charge < -0.3 is 20.8 Å². The molecule has 0 aliphatic carbocycles. The first-order valence-corrected chi connectivity index (χ1v) is 10.7. The number of aromatic hydroxyl groups is 1. The van der Waals surface area contributed by atoms with Crippen molar-refractivity contribution < 1.29 is 15.0 Å². The van der Waals surface area contributed by atoms with Crippen LogP contribution < -0.4 is 10.6 Å². The van der Waals surface area contributed by atoms with Crippen LogP contribution in [0.2, 0.25) is 0 Å². The first-order valence-electron chi connectivity index (χ1n) is 10.7. The van der Waals surface area contributed by atoms with Gasteiger partial charge in [0.15, 0.2) is 0 Å². The lowest BCUT2D eigenvalue weighted by Crippen LogP contribution is -2.27. The Morgan fingerprint density at radius 1 is 0.903 bits per heavy atom. The molecule has 0 saturated heterocycles. The number of benzene rings is 3. The molecule has 0 spiro atoms. The molecule has 0 bridgehead atoms. The van der Waals surface area contributed by atoms with E-state index in [0.717, 1.165) is 24.8 Å². The SMILES string of the molecule is O=C(NCCCCc1ccccc1)c1ccccc1CNCC(O)c1cccc(O)c1. The lowest BCUT2D eigenvalue weighted by Gasteiger charge is -2.14. The summed E-state index contributed by atoms with van der Waals surface area (Å²) in [5.74, 6) is 0.0491. The summed E-state index contributed by atoms with van der Waals surface area (Å²) < 4.78 is 0. The summed E-state index contributed by atoms with van der Waals surface area (Å²) in [5.41, 5.74) is 3.49. The lowest BCUT2D eigenvalue weighted by atomic mass is 10.1. The van der Waals surface area contributed by atoms with E-state index < -0.39 is 6.10 Å². The lowest BCUT2D eigenvalue weighted by molar-refractivity contribution is 0.0952. The summed E-state index contributed by atoms with van der Waals surface area (Å²) >= 11 is 0. The molecule has 0 aromatic heterocycles. The number of nitrogens with one attached hydrogen (secondary N) is 2. The molecule has 0 fully saturated rings. The van der Waals surface area contributed by atoms with Crippen molar-refractivity contribution in [3.63, 3.8) is 0 Å². The van der Waals surface area contributed by atoms with E-state index in [1.807, 2.05) is 42.5 Å². The van der Waals surface area contributed by atoms with Gasteiger partial charge in [0.05, 0.1) is 6.10 Å². The summed E-state index contributed by atoms with van der Waals surface area (Å²) in [6, 6.07) is 24.4. The standard InChI is InChI=1S/C26H30N2O3/c29-23-14-8-13-21(17-23)25(30)19-27-18-22-12-4-5-15-24(22)26(31)28-16-7-6-11-20-9-2-1-3-10-20/h1-5,8-10,12-15,17,25,27,29-30H,6-7,11,16,18-19H2,(H,28,31). The third-order valence-corrected chi connectivity index (χ3v) is 5.19. The van der Waals surface area contributed by atoms with Crippen molar-refractivity contribution in [2.24, 2.45) is 0 Å². The van der Waals surface area contributed by atoms with Gasteiger partial charge in [-0.3, -0.25) is 4.79 Å².